The molecule has 0 atom stereocenters. The molecule has 0 aliphatic carbocycles. The summed E-state index contributed by atoms with van der Waals surface area (Å²) in [6, 6.07) is 0. The van der Waals surface area contributed by atoms with Crippen LogP contribution in [0.3, 0.4) is 0 Å². The topological polar surface area (TPSA) is 90.9 Å². The third-order valence-electron chi connectivity index (χ3n) is 2.25. The Hall–Kier alpha value is -1.80. The molecular formula is C10H16N6O2. The fourth-order valence-corrected chi connectivity index (χ4v) is 1.44. The van der Waals surface area contributed by atoms with Gasteiger partial charge in [0.05, 0.1) is 18.5 Å². The molecule has 0 unspecified atom stereocenters. The van der Waals surface area contributed by atoms with Gasteiger partial charge < -0.3 is 14.6 Å². The molecule has 0 fully saturated rings. The van der Waals surface area contributed by atoms with Crippen LogP contribution in [-0.4, -0.2) is 45.4 Å². The highest BCUT2D eigenvalue weighted by atomic mass is 16.5. The second-order valence-electron chi connectivity index (χ2n) is 3.81. The maximum Gasteiger partial charge on any atom is 0.223 e. The number of aryl methyl sites for hydroxylation is 1. The Balaban J connectivity index is 1.82. The minimum absolute atomic E-state index is 0.461. The van der Waals surface area contributed by atoms with Crippen molar-refractivity contribution >= 4 is 0 Å². The van der Waals surface area contributed by atoms with Crippen LogP contribution in [0.5, 0.6) is 0 Å². The molecule has 2 rings (SSSR count). The highest BCUT2D eigenvalue weighted by Crippen LogP contribution is 1.99. The monoisotopic (exact) mass is 252 g/mol. The van der Waals surface area contributed by atoms with Crippen molar-refractivity contribution in [2.75, 3.05) is 20.3 Å². The van der Waals surface area contributed by atoms with Crippen LogP contribution in [-0.2, 0) is 17.8 Å². The van der Waals surface area contributed by atoms with Gasteiger partial charge in [-0.1, -0.05) is 10.4 Å². The lowest BCUT2D eigenvalue weighted by molar-refractivity contribution is 0.199. The molecule has 2 aromatic heterocycles. The van der Waals surface area contributed by atoms with Crippen LogP contribution in [0.4, 0.5) is 0 Å². The van der Waals surface area contributed by atoms with E-state index in [4.69, 9.17) is 9.26 Å². The molecule has 8 nitrogen and oxygen atoms in total. The lowest BCUT2D eigenvalue weighted by atomic mass is 10.4. The summed E-state index contributed by atoms with van der Waals surface area (Å²) in [7, 11) is 1.67. The first-order chi connectivity index (χ1) is 8.78. The van der Waals surface area contributed by atoms with Gasteiger partial charge in [-0.25, -0.2) is 4.68 Å². The molecule has 18 heavy (non-hydrogen) atoms. The minimum atomic E-state index is 0.461. The molecule has 2 aromatic rings. The van der Waals surface area contributed by atoms with Crippen LogP contribution in [0.1, 0.15) is 17.4 Å². The normalized spacial score (nSPS) is 11.0. The maximum absolute atomic E-state index is 4.94. The van der Waals surface area contributed by atoms with Crippen molar-refractivity contribution in [2.24, 2.45) is 0 Å². The van der Waals surface area contributed by atoms with E-state index in [0.29, 0.717) is 31.4 Å². The smallest absolute Gasteiger partial charge is 0.223 e. The van der Waals surface area contributed by atoms with E-state index in [9.17, 15) is 0 Å². The number of methoxy groups -OCH3 is 1. The van der Waals surface area contributed by atoms with Gasteiger partial charge in [0.25, 0.3) is 0 Å². The highest BCUT2D eigenvalue weighted by molar-refractivity contribution is 4.94. The molecule has 0 aromatic carbocycles. The summed E-state index contributed by atoms with van der Waals surface area (Å²) in [6.07, 6.45) is 1.85. The van der Waals surface area contributed by atoms with E-state index in [-0.39, 0.29) is 0 Å². The van der Waals surface area contributed by atoms with E-state index in [1.54, 1.807) is 18.7 Å². The maximum atomic E-state index is 4.94. The Morgan fingerprint density at radius 3 is 3.11 bits per heavy atom. The number of ether oxygens (including phenoxy) is 1. The summed E-state index contributed by atoms with van der Waals surface area (Å²) in [5, 5.41) is 15.0. The van der Waals surface area contributed by atoms with Crippen molar-refractivity contribution in [3.8, 4) is 0 Å². The Morgan fingerprint density at radius 1 is 1.50 bits per heavy atom. The van der Waals surface area contributed by atoms with Crippen LogP contribution in [0.15, 0.2) is 10.7 Å². The molecule has 0 aliphatic rings. The number of hydrogen-bond acceptors (Lipinski definition) is 7. The lowest BCUT2D eigenvalue weighted by Crippen LogP contribution is -2.18. The van der Waals surface area contributed by atoms with Crippen LogP contribution in [0.2, 0.25) is 0 Å². The summed E-state index contributed by atoms with van der Waals surface area (Å²) < 4.78 is 11.5. The fraction of sp³-hybridized carbons (Fsp3) is 0.600. The van der Waals surface area contributed by atoms with Crippen molar-refractivity contribution in [3.63, 3.8) is 0 Å². The van der Waals surface area contributed by atoms with E-state index < -0.39 is 0 Å². The second kappa shape index (κ2) is 6.22. The summed E-state index contributed by atoms with van der Waals surface area (Å²) in [5.41, 5.74) is 0.867. The molecule has 2 heterocycles. The SMILES string of the molecule is COCCNCc1cn(Cc2noc(C)n2)nn1. The molecule has 0 aliphatic heterocycles. The van der Waals surface area contributed by atoms with Crippen LogP contribution in [0, 0.1) is 6.92 Å². The van der Waals surface area contributed by atoms with Gasteiger partial charge in [0.1, 0.15) is 6.54 Å². The number of nitrogens with zero attached hydrogens (tertiary/aromatic N) is 5. The van der Waals surface area contributed by atoms with Crippen molar-refractivity contribution < 1.29 is 9.26 Å². The summed E-state index contributed by atoms with van der Waals surface area (Å²) in [4.78, 5) is 4.10. The molecule has 0 spiro atoms. The average Bonchev–Trinajstić information content (AvgIpc) is 2.95. The predicted molar refractivity (Wildman–Crippen MR) is 61.7 cm³/mol. The zero-order valence-corrected chi connectivity index (χ0v) is 10.5. The number of rotatable bonds is 7. The zero-order chi connectivity index (χ0) is 12.8. The summed E-state index contributed by atoms with van der Waals surface area (Å²) >= 11 is 0. The quantitative estimate of drug-likeness (QED) is 0.679. The van der Waals surface area contributed by atoms with E-state index in [2.05, 4.69) is 25.8 Å². The lowest BCUT2D eigenvalue weighted by Gasteiger charge is -1.99. The van der Waals surface area contributed by atoms with Crippen molar-refractivity contribution in [3.05, 3.63) is 23.6 Å². The predicted octanol–water partition coefficient (Wildman–Crippen LogP) is -0.246. The largest absolute Gasteiger partial charge is 0.383 e. The molecule has 0 bridgehead atoms. The Kier molecular flexibility index (Phi) is 4.37. The minimum Gasteiger partial charge on any atom is -0.383 e. The standard InChI is InChI=1S/C10H16N6O2/c1-8-12-10(14-18-8)7-16-6-9(13-15-16)5-11-3-4-17-2/h6,11H,3-5,7H2,1-2H3. The van der Waals surface area contributed by atoms with E-state index in [1.165, 1.54) is 0 Å². The number of hydrogen-bond donors (Lipinski definition) is 1. The van der Waals surface area contributed by atoms with Gasteiger partial charge in [-0.15, -0.1) is 5.10 Å². The van der Waals surface area contributed by atoms with Gasteiger partial charge in [0, 0.05) is 27.1 Å². The van der Waals surface area contributed by atoms with E-state index in [0.717, 1.165) is 12.2 Å². The molecule has 0 saturated carbocycles. The van der Waals surface area contributed by atoms with Crippen LogP contribution in [0.25, 0.3) is 0 Å². The summed E-state index contributed by atoms with van der Waals surface area (Å²) in [5.74, 6) is 1.14. The van der Waals surface area contributed by atoms with Gasteiger partial charge in [-0.3, -0.25) is 0 Å². The third kappa shape index (κ3) is 3.60. The number of aromatic nitrogens is 5. The van der Waals surface area contributed by atoms with Gasteiger partial charge >= 0.3 is 0 Å². The highest BCUT2D eigenvalue weighted by Gasteiger charge is 2.05. The third-order valence-corrected chi connectivity index (χ3v) is 2.25. The Morgan fingerprint density at radius 2 is 2.39 bits per heavy atom. The molecule has 0 radical (unpaired) electrons. The van der Waals surface area contributed by atoms with Crippen molar-refractivity contribution in [1.29, 1.82) is 0 Å². The van der Waals surface area contributed by atoms with Crippen LogP contribution < -0.4 is 5.32 Å². The fourth-order valence-electron chi connectivity index (χ4n) is 1.44. The second-order valence-corrected chi connectivity index (χ2v) is 3.81. The summed E-state index contributed by atoms with van der Waals surface area (Å²) in [6.45, 7) is 4.34. The zero-order valence-electron chi connectivity index (χ0n) is 10.5. The van der Waals surface area contributed by atoms with Gasteiger partial charge in [-0.2, -0.15) is 4.98 Å². The molecule has 98 valence electrons. The molecule has 1 N–H and O–H groups in total. The van der Waals surface area contributed by atoms with Crippen molar-refractivity contribution in [1.82, 2.24) is 30.5 Å². The molecule has 0 amide bonds. The molecule has 0 saturated heterocycles. The Labute approximate surface area is 104 Å². The van der Waals surface area contributed by atoms with E-state index >= 15 is 0 Å². The van der Waals surface area contributed by atoms with Gasteiger partial charge in [0.15, 0.2) is 5.82 Å². The first kappa shape index (κ1) is 12.7. The number of nitrogens with one attached hydrogen (secondary N) is 1. The van der Waals surface area contributed by atoms with Crippen molar-refractivity contribution in [2.45, 2.75) is 20.0 Å². The molecule has 8 heteroatoms. The van der Waals surface area contributed by atoms with Crippen LogP contribution >= 0.6 is 0 Å². The molecular weight excluding hydrogens is 236 g/mol. The first-order valence-corrected chi connectivity index (χ1v) is 5.66. The Bertz CT molecular complexity index is 480. The van der Waals surface area contributed by atoms with Gasteiger partial charge in [-0.05, 0) is 0 Å². The van der Waals surface area contributed by atoms with E-state index in [1.807, 2.05) is 6.20 Å². The first-order valence-electron chi connectivity index (χ1n) is 5.66. The average molecular weight is 252 g/mol. The van der Waals surface area contributed by atoms with Gasteiger partial charge in [0.2, 0.25) is 5.89 Å².